The number of amides is 1. The number of primary amides is 1. The van der Waals surface area contributed by atoms with Crippen molar-refractivity contribution in [3.63, 3.8) is 0 Å². The molecule has 4 rings (SSSR count). The van der Waals surface area contributed by atoms with Crippen LogP contribution in [0, 0.1) is 6.92 Å². The van der Waals surface area contributed by atoms with Crippen LogP contribution in [0.25, 0.3) is 16.9 Å². The molecule has 27 heavy (non-hydrogen) atoms. The first-order valence-corrected chi connectivity index (χ1v) is 11.1. The number of hydrogen-bond acceptors (Lipinski definition) is 7. The van der Waals surface area contributed by atoms with Crippen molar-refractivity contribution in [2.24, 2.45) is 11.5 Å². The van der Waals surface area contributed by atoms with E-state index in [1.165, 1.54) is 11.3 Å². The smallest absolute Gasteiger partial charge is 0.259 e. The van der Waals surface area contributed by atoms with Gasteiger partial charge in [0.1, 0.15) is 0 Å². The summed E-state index contributed by atoms with van der Waals surface area (Å²) < 4.78 is 25.6. The second-order valence-electron chi connectivity index (χ2n) is 6.75. The van der Waals surface area contributed by atoms with Crippen LogP contribution in [-0.4, -0.2) is 46.5 Å². The minimum absolute atomic E-state index is 0.0449. The molecular weight excluding hydrogens is 386 g/mol. The molecule has 1 aliphatic heterocycles. The molecule has 0 aromatic carbocycles. The van der Waals surface area contributed by atoms with Crippen LogP contribution in [0.4, 0.5) is 0 Å². The topological polar surface area (TPSA) is 133 Å². The van der Waals surface area contributed by atoms with E-state index >= 15 is 0 Å². The molecule has 3 aromatic rings. The normalized spacial score (nSPS) is 22.1. The molecule has 1 aliphatic rings. The SMILES string of the molecule is Cc1sc(C(N)=O)c([C@H]2CCS(=O)(=O)C[C@H]2N)c1-c1cnc2cccnn12. The third-order valence-corrected chi connectivity index (χ3v) is 7.84. The van der Waals surface area contributed by atoms with Crippen molar-refractivity contribution >= 4 is 32.7 Å². The number of sulfone groups is 1. The van der Waals surface area contributed by atoms with E-state index in [-0.39, 0.29) is 17.4 Å². The molecule has 4 heterocycles. The van der Waals surface area contributed by atoms with E-state index < -0.39 is 21.8 Å². The Morgan fingerprint density at radius 1 is 1.41 bits per heavy atom. The van der Waals surface area contributed by atoms with Gasteiger partial charge in [-0.05, 0) is 31.0 Å². The van der Waals surface area contributed by atoms with E-state index in [4.69, 9.17) is 11.5 Å². The second kappa shape index (κ2) is 6.39. The molecule has 1 amide bonds. The Balaban J connectivity index is 1.94. The van der Waals surface area contributed by atoms with Gasteiger partial charge in [0.2, 0.25) is 0 Å². The van der Waals surface area contributed by atoms with Crippen LogP contribution in [0.2, 0.25) is 0 Å². The van der Waals surface area contributed by atoms with Crippen molar-refractivity contribution in [1.29, 1.82) is 0 Å². The average Bonchev–Trinajstić information content (AvgIpc) is 3.15. The Labute approximate surface area is 160 Å². The van der Waals surface area contributed by atoms with Crippen molar-refractivity contribution in [2.45, 2.75) is 25.3 Å². The predicted molar refractivity (Wildman–Crippen MR) is 104 cm³/mol. The zero-order valence-electron chi connectivity index (χ0n) is 14.6. The number of aryl methyl sites for hydroxylation is 1. The zero-order valence-corrected chi connectivity index (χ0v) is 16.3. The highest BCUT2D eigenvalue weighted by Gasteiger charge is 2.37. The molecule has 142 valence electrons. The molecule has 1 saturated heterocycles. The standard InChI is InChI=1S/C17H19N5O3S2/c1-9-14(12-7-20-13-3-2-5-21-22(12)13)15(16(26-9)17(19)23)10-4-6-27(24,25)8-11(10)18/h2-3,5,7,10-11H,4,6,8,18H2,1H3,(H2,19,23)/t10-,11+/m0/s1. The lowest BCUT2D eigenvalue weighted by molar-refractivity contribution is 0.100. The second-order valence-corrected chi connectivity index (χ2v) is 10.2. The summed E-state index contributed by atoms with van der Waals surface area (Å²) in [6, 6.07) is 3.04. The van der Waals surface area contributed by atoms with Crippen LogP contribution >= 0.6 is 11.3 Å². The van der Waals surface area contributed by atoms with E-state index in [1.807, 2.05) is 13.0 Å². The van der Waals surface area contributed by atoms with Crippen molar-refractivity contribution in [1.82, 2.24) is 14.6 Å². The first kappa shape index (κ1) is 18.1. The number of nitrogens with zero attached hydrogens (tertiary/aromatic N) is 3. The lowest BCUT2D eigenvalue weighted by Crippen LogP contribution is -2.42. The Bertz CT molecular complexity index is 1150. The molecule has 10 heteroatoms. The molecule has 4 N–H and O–H groups in total. The highest BCUT2D eigenvalue weighted by molar-refractivity contribution is 7.91. The van der Waals surface area contributed by atoms with Crippen molar-refractivity contribution < 1.29 is 13.2 Å². The Morgan fingerprint density at radius 2 is 2.19 bits per heavy atom. The zero-order chi connectivity index (χ0) is 19.3. The maximum atomic E-state index is 12.1. The fraction of sp³-hybridized carbons (Fsp3) is 0.353. The van der Waals surface area contributed by atoms with Crippen LogP contribution in [0.3, 0.4) is 0 Å². The summed E-state index contributed by atoms with van der Waals surface area (Å²) in [5, 5.41) is 4.36. The van der Waals surface area contributed by atoms with Crippen molar-refractivity contribution in [2.75, 3.05) is 11.5 Å². The average molecular weight is 406 g/mol. The van der Waals surface area contributed by atoms with Crippen LogP contribution in [0.15, 0.2) is 24.5 Å². The fourth-order valence-corrected chi connectivity index (χ4v) is 6.47. The molecule has 0 unspecified atom stereocenters. The molecule has 8 nitrogen and oxygen atoms in total. The van der Waals surface area contributed by atoms with Crippen LogP contribution in [0.1, 0.15) is 32.5 Å². The monoisotopic (exact) mass is 405 g/mol. The van der Waals surface area contributed by atoms with Gasteiger partial charge in [-0.3, -0.25) is 4.79 Å². The van der Waals surface area contributed by atoms with Gasteiger partial charge in [0.15, 0.2) is 15.5 Å². The number of aromatic nitrogens is 3. The number of imidazole rings is 1. The molecule has 0 radical (unpaired) electrons. The molecule has 0 saturated carbocycles. The lowest BCUT2D eigenvalue weighted by Gasteiger charge is -2.29. The van der Waals surface area contributed by atoms with Crippen LogP contribution in [-0.2, 0) is 9.84 Å². The minimum atomic E-state index is -3.17. The summed E-state index contributed by atoms with van der Waals surface area (Å²) in [4.78, 5) is 17.8. The summed E-state index contributed by atoms with van der Waals surface area (Å²) in [6.07, 6.45) is 3.72. The largest absolute Gasteiger partial charge is 0.365 e. The molecule has 0 aliphatic carbocycles. The highest BCUT2D eigenvalue weighted by Crippen LogP contribution is 2.43. The molecule has 3 aromatic heterocycles. The van der Waals surface area contributed by atoms with Gasteiger partial charge >= 0.3 is 0 Å². The van der Waals surface area contributed by atoms with Gasteiger partial charge in [-0.15, -0.1) is 11.3 Å². The maximum Gasteiger partial charge on any atom is 0.259 e. The van der Waals surface area contributed by atoms with Gasteiger partial charge in [0.25, 0.3) is 5.91 Å². The summed E-state index contributed by atoms with van der Waals surface area (Å²) in [5.41, 5.74) is 14.8. The van der Waals surface area contributed by atoms with Gasteiger partial charge in [-0.2, -0.15) is 5.10 Å². The number of nitrogens with two attached hydrogens (primary N) is 2. The predicted octanol–water partition coefficient (Wildman–Crippen LogP) is 1.09. The molecular formula is C17H19N5O3S2. The van der Waals surface area contributed by atoms with E-state index in [2.05, 4.69) is 10.1 Å². The number of hydrogen-bond donors (Lipinski definition) is 2. The van der Waals surface area contributed by atoms with Gasteiger partial charge in [0, 0.05) is 28.6 Å². The molecule has 0 bridgehead atoms. The van der Waals surface area contributed by atoms with E-state index in [0.29, 0.717) is 16.9 Å². The first-order valence-electron chi connectivity index (χ1n) is 8.46. The van der Waals surface area contributed by atoms with E-state index in [0.717, 1.165) is 21.7 Å². The van der Waals surface area contributed by atoms with Crippen molar-refractivity contribution in [3.8, 4) is 11.3 Å². The van der Waals surface area contributed by atoms with Crippen LogP contribution < -0.4 is 11.5 Å². The Hall–Kier alpha value is -2.30. The summed E-state index contributed by atoms with van der Waals surface area (Å²) >= 11 is 1.30. The van der Waals surface area contributed by atoms with E-state index in [1.54, 1.807) is 23.0 Å². The lowest BCUT2D eigenvalue weighted by atomic mass is 9.86. The first-order chi connectivity index (χ1) is 12.8. The van der Waals surface area contributed by atoms with Gasteiger partial charge in [-0.25, -0.2) is 17.9 Å². The molecule has 0 spiro atoms. The Morgan fingerprint density at radius 3 is 2.89 bits per heavy atom. The number of fused-ring (bicyclic) bond motifs is 1. The highest BCUT2D eigenvalue weighted by atomic mass is 32.2. The third kappa shape index (κ3) is 3.03. The van der Waals surface area contributed by atoms with Gasteiger partial charge in [-0.1, -0.05) is 0 Å². The van der Waals surface area contributed by atoms with Gasteiger partial charge < -0.3 is 11.5 Å². The number of rotatable bonds is 3. The van der Waals surface area contributed by atoms with Gasteiger partial charge in [0.05, 0.1) is 28.3 Å². The van der Waals surface area contributed by atoms with Crippen LogP contribution in [0.5, 0.6) is 0 Å². The minimum Gasteiger partial charge on any atom is -0.365 e. The fourth-order valence-electron chi connectivity index (χ4n) is 3.79. The third-order valence-electron chi connectivity index (χ3n) is 4.95. The molecule has 2 atom stereocenters. The van der Waals surface area contributed by atoms with E-state index in [9.17, 15) is 13.2 Å². The Kier molecular flexibility index (Phi) is 4.28. The quantitative estimate of drug-likeness (QED) is 0.670. The number of carbonyl (C=O) groups excluding carboxylic acids is 1. The summed E-state index contributed by atoms with van der Waals surface area (Å²) in [7, 11) is -3.17. The summed E-state index contributed by atoms with van der Waals surface area (Å²) in [6.45, 7) is 1.91. The summed E-state index contributed by atoms with van der Waals surface area (Å²) in [5.74, 6) is -0.865. The maximum absolute atomic E-state index is 12.1. The van der Waals surface area contributed by atoms with Crippen molar-refractivity contribution in [3.05, 3.63) is 39.8 Å². The number of thiophene rings is 1. The number of carbonyl (C=O) groups is 1. The molecule has 1 fully saturated rings.